The number of hydrogen-bond acceptors (Lipinski definition) is 4. The molecule has 112 valence electrons. The topological polar surface area (TPSA) is 55.8 Å². The quantitative estimate of drug-likeness (QED) is 0.761. The Labute approximate surface area is 117 Å². The van der Waals surface area contributed by atoms with Crippen molar-refractivity contribution in [2.75, 3.05) is 34.2 Å². The van der Waals surface area contributed by atoms with Gasteiger partial charge in [-0.05, 0) is 19.9 Å². The molecule has 2 atom stereocenters. The van der Waals surface area contributed by atoms with E-state index in [1.54, 1.807) is 0 Å². The van der Waals surface area contributed by atoms with Gasteiger partial charge in [-0.1, -0.05) is 20.4 Å². The van der Waals surface area contributed by atoms with Crippen LogP contribution in [0.5, 0.6) is 0 Å². The SMILES string of the molecule is C=C(C1CCC(CN(C)CC(=O)O)N1)N(C)C.CC. The van der Waals surface area contributed by atoms with Crippen LogP contribution in [0.25, 0.3) is 0 Å². The van der Waals surface area contributed by atoms with Crippen LogP contribution < -0.4 is 5.32 Å². The van der Waals surface area contributed by atoms with E-state index >= 15 is 0 Å². The number of hydrogen-bond donors (Lipinski definition) is 2. The highest BCUT2D eigenvalue weighted by Crippen LogP contribution is 2.19. The fraction of sp³-hybridized carbons (Fsp3) is 0.786. The first-order valence-electron chi connectivity index (χ1n) is 6.92. The number of aliphatic carboxylic acids is 1. The van der Waals surface area contributed by atoms with Crippen LogP contribution in [0.3, 0.4) is 0 Å². The monoisotopic (exact) mass is 271 g/mol. The maximum Gasteiger partial charge on any atom is 0.317 e. The molecule has 1 aliphatic heterocycles. The van der Waals surface area contributed by atoms with Crippen LogP contribution in [0.2, 0.25) is 0 Å². The van der Waals surface area contributed by atoms with Crippen molar-refractivity contribution in [3.05, 3.63) is 12.3 Å². The summed E-state index contributed by atoms with van der Waals surface area (Å²) in [5.41, 5.74) is 1.09. The van der Waals surface area contributed by atoms with Crippen molar-refractivity contribution in [2.24, 2.45) is 0 Å². The maximum atomic E-state index is 10.6. The first-order chi connectivity index (χ1) is 8.90. The molecule has 2 unspecified atom stereocenters. The minimum absolute atomic E-state index is 0.0947. The van der Waals surface area contributed by atoms with Crippen LogP contribution in [0, 0.1) is 0 Å². The van der Waals surface area contributed by atoms with Gasteiger partial charge >= 0.3 is 5.97 Å². The Morgan fingerprint density at radius 1 is 1.32 bits per heavy atom. The Kier molecular flexibility index (Phi) is 8.43. The van der Waals surface area contributed by atoms with Gasteiger partial charge in [-0.2, -0.15) is 0 Å². The van der Waals surface area contributed by atoms with E-state index in [2.05, 4.69) is 11.9 Å². The number of carbonyl (C=O) groups is 1. The lowest BCUT2D eigenvalue weighted by Crippen LogP contribution is -2.41. The molecule has 0 saturated carbocycles. The largest absolute Gasteiger partial charge is 0.480 e. The van der Waals surface area contributed by atoms with Crippen molar-refractivity contribution in [3.63, 3.8) is 0 Å². The summed E-state index contributed by atoms with van der Waals surface area (Å²) < 4.78 is 0. The van der Waals surface area contributed by atoms with E-state index in [1.165, 1.54) is 0 Å². The second-order valence-corrected chi connectivity index (χ2v) is 4.97. The second-order valence-electron chi connectivity index (χ2n) is 4.97. The Bertz CT molecular complexity index is 292. The van der Waals surface area contributed by atoms with E-state index in [4.69, 9.17) is 5.11 Å². The van der Waals surface area contributed by atoms with Crippen LogP contribution in [0.4, 0.5) is 0 Å². The molecule has 0 aromatic carbocycles. The van der Waals surface area contributed by atoms with Gasteiger partial charge in [0.15, 0.2) is 0 Å². The third-order valence-corrected chi connectivity index (χ3v) is 3.15. The van der Waals surface area contributed by atoms with E-state index in [-0.39, 0.29) is 6.54 Å². The van der Waals surface area contributed by atoms with Gasteiger partial charge in [0.25, 0.3) is 0 Å². The lowest BCUT2D eigenvalue weighted by molar-refractivity contribution is -0.138. The standard InChI is InChI=1S/C12H23N3O2.C2H6/c1-9(14(2)3)11-6-5-10(13-11)7-15(4)8-12(16)17;1-2/h10-11,13H,1,5-8H2,2-4H3,(H,16,17);1-2H3. The van der Waals surface area contributed by atoms with E-state index in [9.17, 15) is 4.79 Å². The molecule has 19 heavy (non-hydrogen) atoms. The number of carboxylic acids is 1. The van der Waals surface area contributed by atoms with Crippen molar-refractivity contribution in [2.45, 2.75) is 38.8 Å². The molecule has 5 nitrogen and oxygen atoms in total. The van der Waals surface area contributed by atoms with Crippen molar-refractivity contribution in [1.29, 1.82) is 0 Å². The lowest BCUT2D eigenvalue weighted by atomic mass is 10.1. The van der Waals surface area contributed by atoms with Crippen molar-refractivity contribution < 1.29 is 9.90 Å². The molecule has 0 amide bonds. The Morgan fingerprint density at radius 3 is 2.37 bits per heavy atom. The van der Waals surface area contributed by atoms with Crippen LogP contribution in [0.15, 0.2) is 12.3 Å². The van der Waals surface area contributed by atoms with Gasteiger partial charge in [0.1, 0.15) is 0 Å². The average molecular weight is 271 g/mol. The van der Waals surface area contributed by atoms with Crippen LogP contribution in [-0.4, -0.2) is 67.2 Å². The number of rotatable bonds is 6. The number of nitrogens with one attached hydrogen (secondary N) is 1. The average Bonchev–Trinajstić information content (AvgIpc) is 2.77. The van der Waals surface area contributed by atoms with Gasteiger partial charge in [-0.15, -0.1) is 0 Å². The maximum absolute atomic E-state index is 10.6. The van der Waals surface area contributed by atoms with Gasteiger partial charge < -0.3 is 15.3 Å². The van der Waals surface area contributed by atoms with Crippen LogP contribution in [-0.2, 0) is 4.79 Å². The summed E-state index contributed by atoms with van der Waals surface area (Å²) in [6, 6.07) is 0.689. The molecule has 0 radical (unpaired) electrons. The normalized spacial score (nSPS) is 21.8. The molecule has 2 N–H and O–H groups in total. The second kappa shape index (κ2) is 8.93. The molecule has 0 aliphatic carbocycles. The van der Waals surface area contributed by atoms with E-state index in [0.717, 1.165) is 25.1 Å². The summed E-state index contributed by atoms with van der Waals surface area (Å²) in [4.78, 5) is 14.4. The molecular weight excluding hydrogens is 242 g/mol. The summed E-state index contributed by atoms with van der Waals surface area (Å²) in [6.07, 6.45) is 2.14. The zero-order chi connectivity index (χ0) is 15.0. The smallest absolute Gasteiger partial charge is 0.317 e. The summed E-state index contributed by atoms with van der Waals surface area (Å²) in [5, 5.41) is 12.2. The third-order valence-electron chi connectivity index (χ3n) is 3.15. The molecule has 5 heteroatoms. The van der Waals surface area contributed by atoms with E-state index in [1.807, 2.05) is 44.8 Å². The minimum atomic E-state index is -0.778. The first kappa shape index (κ1) is 17.9. The molecule has 0 aromatic heterocycles. The molecule has 1 fully saturated rings. The van der Waals surface area contributed by atoms with Crippen molar-refractivity contribution in [1.82, 2.24) is 15.1 Å². The lowest BCUT2D eigenvalue weighted by Gasteiger charge is -2.24. The van der Waals surface area contributed by atoms with Gasteiger partial charge in [0, 0.05) is 38.4 Å². The van der Waals surface area contributed by atoms with Gasteiger partial charge in [-0.25, -0.2) is 0 Å². The molecule has 1 saturated heterocycles. The summed E-state index contributed by atoms with van der Waals surface area (Å²) in [7, 11) is 5.83. The van der Waals surface area contributed by atoms with Crippen LogP contribution >= 0.6 is 0 Å². The van der Waals surface area contributed by atoms with Gasteiger partial charge in [0.05, 0.1) is 6.54 Å². The van der Waals surface area contributed by atoms with E-state index in [0.29, 0.717) is 12.1 Å². The van der Waals surface area contributed by atoms with Crippen molar-refractivity contribution >= 4 is 5.97 Å². The predicted molar refractivity (Wildman–Crippen MR) is 79.3 cm³/mol. The molecule has 1 rings (SSSR count). The summed E-state index contributed by atoms with van der Waals surface area (Å²) >= 11 is 0. The Hall–Kier alpha value is -1.07. The molecular formula is C14H29N3O2. The zero-order valence-electron chi connectivity index (χ0n) is 12.9. The zero-order valence-corrected chi connectivity index (χ0v) is 12.9. The number of nitrogens with zero attached hydrogens (tertiary/aromatic N) is 2. The summed E-state index contributed by atoms with van der Waals surface area (Å²) in [5.74, 6) is -0.778. The molecule has 1 aliphatic rings. The minimum Gasteiger partial charge on any atom is -0.480 e. The van der Waals surface area contributed by atoms with E-state index < -0.39 is 5.97 Å². The number of carboxylic acid groups (broad SMARTS) is 1. The number of likely N-dealkylation sites (N-methyl/N-ethyl adjacent to an activating group) is 2. The molecule has 0 bridgehead atoms. The highest BCUT2D eigenvalue weighted by Gasteiger charge is 2.27. The van der Waals surface area contributed by atoms with Crippen LogP contribution in [0.1, 0.15) is 26.7 Å². The Morgan fingerprint density at radius 2 is 1.89 bits per heavy atom. The van der Waals surface area contributed by atoms with Gasteiger partial charge in [0.2, 0.25) is 0 Å². The predicted octanol–water partition coefficient (Wildman–Crippen LogP) is 1.22. The van der Waals surface area contributed by atoms with Gasteiger partial charge in [-0.3, -0.25) is 9.69 Å². The first-order valence-corrected chi connectivity index (χ1v) is 6.92. The molecule has 0 spiro atoms. The Balaban J connectivity index is 0.00000154. The summed E-state index contributed by atoms with van der Waals surface area (Å²) in [6.45, 7) is 8.92. The third kappa shape index (κ3) is 6.59. The highest BCUT2D eigenvalue weighted by atomic mass is 16.4. The fourth-order valence-electron chi connectivity index (χ4n) is 2.21. The molecule has 0 aromatic rings. The fourth-order valence-corrected chi connectivity index (χ4v) is 2.21. The highest BCUT2D eigenvalue weighted by molar-refractivity contribution is 5.69. The molecule has 1 heterocycles. The van der Waals surface area contributed by atoms with Crippen molar-refractivity contribution in [3.8, 4) is 0 Å².